The van der Waals surface area contributed by atoms with E-state index in [9.17, 15) is 5.11 Å². The molecule has 0 amide bonds. The maximum absolute atomic E-state index is 9.29. The van der Waals surface area contributed by atoms with Gasteiger partial charge in [0.15, 0.2) is 0 Å². The van der Waals surface area contributed by atoms with Crippen LogP contribution in [0, 0.1) is 5.92 Å². The Morgan fingerprint density at radius 3 is 2.62 bits per heavy atom. The van der Waals surface area contributed by atoms with Crippen molar-refractivity contribution in [3.8, 4) is 0 Å². The van der Waals surface area contributed by atoms with Gasteiger partial charge >= 0.3 is 0 Å². The van der Waals surface area contributed by atoms with E-state index >= 15 is 0 Å². The Hall–Kier alpha value is -0.930. The molecule has 0 fully saturated rings. The third-order valence-corrected chi connectivity index (χ3v) is 2.65. The monoisotopic (exact) mass is 222 g/mol. The van der Waals surface area contributed by atoms with Crippen molar-refractivity contribution in [2.45, 2.75) is 39.3 Å². The first-order chi connectivity index (χ1) is 7.63. The fourth-order valence-corrected chi connectivity index (χ4v) is 1.85. The molecular formula is C13H22N2O. The van der Waals surface area contributed by atoms with E-state index in [2.05, 4.69) is 37.1 Å². The van der Waals surface area contributed by atoms with E-state index < -0.39 is 0 Å². The Kier molecular flexibility index (Phi) is 5.43. The van der Waals surface area contributed by atoms with Gasteiger partial charge in [-0.05, 0) is 30.9 Å². The minimum absolute atomic E-state index is 0.162. The Labute approximate surface area is 97.9 Å². The van der Waals surface area contributed by atoms with Gasteiger partial charge in [0, 0.05) is 24.5 Å². The fourth-order valence-electron chi connectivity index (χ4n) is 1.85. The van der Waals surface area contributed by atoms with Crippen LogP contribution in [-0.4, -0.2) is 22.7 Å². The number of hydrogen-bond donors (Lipinski definition) is 2. The second-order valence-electron chi connectivity index (χ2n) is 4.68. The third kappa shape index (κ3) is 4.29. The van der Waals surface area contributed by atoms with Gasteiger partial charge < -0.3 is 10.4 Å². The van der Waals surface area contributed by atoms with E-state index in [4.69, 9.17) is 0 Å². The number of nitrogens with zero attached hydrogens (tertiary/aromatic N) is 1. The van der Waals surface area contributed by atoms with Gasteiger partial charge in [0.05, 0.1) is 6.61 Å². The summed E-state index contributed by atoms with van der Waals surface area (Å²) in [5.74, 6) is 0.589. The Bertz CT molecular complexity index is 287. The molecule has 90 valence electrons. The molecule has 0 radical (unpaired) electrons. The molecule has 16 heavy (non-hydrogen) atoms. The lowest BCUT2D eigenvalue weighted by Crippen LogP contribution is -2.35. The van der Waals surface area contributed by atoms with Crippen LogP contribution in [0.3, 0.4) is 0 Å². The quantitative estimate of drug-likeness (QED) is 0.775. The Morgan fingerprint density at radius 1 is 1.38 bits per heavy atom. The van der Waals surface area contributed by atoms with Crippen LogP contribution in [0.4, 0.5) is 0 Å². The standard InChI is InChI=1S/C13H22N2O/c1-10(2)7-13(9-16)15-11(3)12-5-4-6-14-8-12/h4-6,8,10-11,13,15-16H,7,9H2,1-3H3. The lowest BCUT2D eigenvalue weighted by molar-refractivity contribution is 0.215. The second kappa shape index (κ2) is 6.61. The average molecular weight is 222 g/mol. The molecule has 1 rings (SSSR count). The number of aromatic nitrogens is 1. The van der Waals surface area contributed by atoms with E-state index in [1.165, 1.54) is 0 Å². The number of pyridine rings is 1. The first-order valence-electron chi connectivity index (χ1n) is 5.90. The van der Waals surface area contributed by atoms with Crippen molar-refractivity contribution >= 4 is 0 Å². The van der Waals surface area contributed by atoms with Crippen LogP contribution in [-0.2, 0) is 0 Å². The fraction of sp³-hybridized carbons (Fsp3) is 0.615. The highest BCUT2D eigenvalue weighted by molar-refractivity contribution is 5.12. The third-order valence-electron chi connectivity index (χ3n) is 2.65. The molecule has 3 nitrogen and oxygen atoms in total. The molecule has 0 aliphatic rings. The summed E-state index contributed by atoms with van der Waals surface area (Å²) >= 11 is 0. The number of hydrogen-bond acceptors (Lipinski definition) is 3. The number of aliphatic hydroxyl groups excluding tert-OH is 1. The summed E-state index contributed by atoms with van der Waals surface area (Å²) in [6.07, 6.45) is 4.62. The summed E-state index contributed by atoms with van der Waals surface area (Å²) in [6.45, 7) is 6.61. The average Bonchev–Trinajstić information content (AvgIpc) is 2.28. The van der Waals surface area contributed by atoms with Gasteiger partial charge in [-0.1, -0.05) is 19.9 Å². The summed E-state index contributed by atoms with van der Waals surface area (Å²) in [7, 11) is 0. The van der Waals surface area contributed by atoms with E-state index in [0.29, 0.717) is 5.92 Å². The largest absolute Gasteiger partial charge is 0.395 e. The molecule has 0 saturated carbocycles. The summed E-state index contributed by atoms with van der Waals surface area (Å²) in [6, 6.07) is 4.37. The predicted molar refractivity (Wildman–Crippen MR) is 66.1 cm³/mol. The Morgan fingerprint density at radius 2 is 2.12 bits per heavy atom. The SMILES string of the molecule is CC(C)CC(CO)NC(C)c1cccnc1. The first kappa shape index (κ1) is 13.1. The predicted octanol–water partition coefficient (Wildman–Crippen LogP) is 2.14. The van der Waals surface area contributed by atoms with E-state index in [-0.39, 0.29) is 18.7 Å². The van der Waals surface area contributed by atoms with Crippen molar-refractivity contribution in [2.24, 2.45) is 5.92 Å². The van der Waals surface area contributed by atoms with E-state index in [1.807, 2.05) is 12.3 Å². The lowest BCUT2D eigenvalue weighted by atomic mass is 10.0. The minimum Gasteiger partial charge on any atom is -0.395 e. The van der Waals surface area contributed by atoms with Gasteiger partial charge in [-0.15, -0.1) is 0 Å². The van der Waals surface area contributed by atoms with Crippen molar-refractivity contribution in [3.05, 3.63) is 30.1 Å². The van der Waals surface area contributed by atoms with Crippen molar-refractivity contribution in [2.75, 3.05) is 6.61 Å². The lowest BCUT2D eigenvalue weighted by Gasteiger charge is -2.23. The minimum atomic E-state index is 0.162. The molecule has 2 N–H and O–H groups in total. The van der Waals surface area contributed by atoms with Crippen LogP contribution in [0.15, 0.2) is 24.5 Å². The molecule has 0 aromatic carbocycles. The zero-order valence-electron chi connectivity index (χ0n) is 10.4. The zero-order chi connectivity index (χ0) is 12.0. The highest BCUT2D eigenvalue weighted by Crippen LogP contribution is 2.13. The molecular weight excluding hydrogens is 200 g/mol. The van der Waals surface area contributed by atoms with Crippen LogP contribution >= 0.6 is 0 Å². The smallest absolute Gasteiger partial charge is 0.0584 e. The van der Waals surface area contributed by atoms with Crippen LogP contribution in [0.5, 0.6) is 0 Å². The van der Waals surface area contributed by atoms with Crippen LogP contribution in [0.25, 0.3) is 0 Å². The van der Waals surface area contributed by atoms with Gasteiger partial charge in [0.2, 0.25) is 0 Å². The van der Waals surface area contributed by atoms with E-state index in [1.54, 1.807) is 6.20 Å². The van der Waals surface area contributed by atoms with Crippen molar-refractivity contribution in [3.63, 3.8) is 0 Å². The molecule has 1 aromatic heterocycles. The highest BCUT2D eigenvalue weighted by Gasteiger charge is 2.13. The second-order valence-corrected chi connectivity index (χ2v) is 4.68. The summed E-state index contributed by atoms with van der Waals surface area (Å²) in [4.78, 5) is 4.10. The molecule has 0 bridgehead atoms. The molecule has 1 heterocycles. The summed E-state index contributed by atoms with van der Waals surface area (Å²) in [5, 5.41) is 12.7. The van der Waals surface area contributed by atoms with Gasteiger partial charge in [-0.2, -0.15) is 0 Å². The molecule has 2 atom stereocenters. The van der Waals surface area contributed by atoms with Crippen LogP contribution in [0.2, 0.25) is 0 Å². The molecule has 2 unspecified atom stereocenters. The molecule has 1 aromatic rings. The number of aliphatic hydroxyl groups is 1. The van der Waals surface area contributed by atoms with Crippen LogP contribution < -0.4 is 5.32 Å². The van der Waals surface area contributed by atoms with Gasteiger partial charge in [0.1, 0.15) is 0 Å². The molecule has 0 aliphatic carbocycles. The van der Waals surface area contributed by atoms with Crippen LogP contribution in [0.1, 0.15) is 38.8 Å². The maximum Gasteiger partial charge on any atom is 0.0584 e. The maximum atomic E-state index is 9.29. The number of nitrogens with one attached hydrogen (secondary N) is 1. The molecule has 3 heteroatoms. The van der Waals surface area contributed by atoms with Crippen molar-refractivity contribution < 1.29 is 5.11 Å². The zero-order valence-corrected chi connectivity index (χ0v) is 10.4. The van der Waals surface area contributed by atoms with Crippen molar-refractivity contribution in [1.82, 2.24) is 10.3 Å². The normalized spacial score (nSPS) is 15.1. The highest BCUT2D eigenvalue weighted by atomic mass is 16.3. The Balaban J connectivity index is 2.52. The summed E-state index contributed by atoms with van der Waals surface area (Å²) in [5.41, 5.74) is 1.16. The summed E-state index contributed by atoms with van der Waals surface area (Å²) < 4.78 is 0. The van der Waals surface area contributed by atoms with Crippen molar-refractivity contribution in [1.29, 1.82) is 0 Å². The molecule has 0 spiro atoms. The van der Waals surface area contributed by atoms with Gasteiger partial charge in [0.25, 0.3) is 0 Å². The molecule has 0 aliphatic heterocycles. The number of rotatable bonds is 6. The van der Waals surface area contributed by atoms with Gasteiger partial charge in [-0.25, -0.2) is 0 Å². The first-order valence-corrected chi connectivity index (χ1v) is 5.90. The van der Waals surface area contributed by atoms with Gasteiger partial charge in [-0.3, -0.25) is 4.98 Å². The topological polar surface area (TPSA) is 45.1 Å². The van der Waals surface area contributed by atoms with E-state index in [0.717, 1.165) is 12.0 Å². The molecule has 0 saturated heterocycles.